The lowest BCUT2D eigenvalue weighted by Gasteiger charge is -2.52. The zero-order valence-corrected chi connectivity index (χ0v) is 22.1. The second-order valence-electron chi connectivity index (χ2n) is 10.1. The van der Waals surface area contributed by atoms with Crippen LogP contribution in [0.15, 0.2) is 65.6 Å². The molecule has 3 heterocycles. The van der Waals surface area contributed by atoms with Crippen LogP contribution in [0.3, 0.4) is 0 Å². The molecule has 0 aliphatic carbocycles. The van der Waals surface area contributed by atoms with Gasteiger partial charge in [-0.05, 0) is 69.2 Å². The van der Waals surface area contributed by atoms with Crippen molar-refractivity contribution < 1.29 is 18.7 Å². The summed E-state index contributed by atoms with van der Waals surface area (Å²) in [6.45, 7) is 8.13. The number of imidazole rings is 1. The van der Waals surface area contributed by atoms with Gasteiger partial charge in [0, 0.05) is 24.7 Å². The number of hydrogen-bond donors (Lipinski definition) is 0. The molecule has 0 saturated carbocycles. The first-order valence-corrected chi connectivity index (χ1v) is 12.5. The van der Waals surface area contributed by atoms with Gasteiger partial charge in [0.2, 0.25) is 5.96 Å². The van der Waals surface area contributed by atoms with Gasteiger partial charge in [0.25, 0.3) is 11.8 Å². The SMILES string of the molecule is COc1cc(/C=C2/C(=O)N(C(C)c3ccc(F)cc3)C3=NC(=O)CCN3C2(C)C)ccc1-n1cnc(C)c1. The minimum absolute atomic E-state index is 0.259. The molecule has 196 valence electrons. The molecule has 38 heavy (non-hydrogen) atoms. The Balaban J connectivity index is 1.60. The third kappa shape index (κ3) is 4.38. The van der Waals surface area contributed by atoms with Crippen molar-refractivity contribution in [1.29, 1.82) is 0 Å². The summed E-state index contributed by atoms with van der Waals surface area (Å²) in [5.74, 6) is 0.0833. The molecule has 1 unspecified atom stereocenters. The molecule has 8 nitrogen and oxygen atoms in total. The van der Waals surface area contributed by atoms with E-state index in [1.54, 1.807) is 30.5 Å². The fourth-order valence-electron chi connectivity index (χ4n) is 5.07. The number of aliphatic imine (C=N–C) groups is 1. The van der Waals surface area contributed by atoms with Gasteiger partial charge >= 0.3 is 0 Å². The number of guanidine groups is 1. The van der Waals surface area contributed by atoms with Crippen LogP contribution in [-0.2, 0) is 9.59 Å². The number of aromatic nitrogens is 2. The molecule has 1 saturated heterocycles. The summed E-state index contributed by atoms with van der Waals surface area (Å²) >= 11 is 0. The molecular formula is C29H30FN5O3. The van der Waals surface area contributed by atoms with Crippen molar-refractivity contribution >= 4 is 23.8 Å². The molecule has 2 amide bonds. The predicted molar refractivity (Wildman–Crippen MR) is 142 cm³/mol. The molecule has 0 bridgehead atoms. The molecule has 3 aromatic rings. The van der Waals surface area contributed by atoms with Gasteiger partial charge in [-0.2, -0.15) is 4.99 Å². The highest BCUT2D eigenvalue weighted by Gasteiger charge is 2.49. The topological polar surface area (TPSA) is 80.0 Å². The van der Waals surface area contributed by atoms with Gasteiger partial charge in [-0.3, -0.25) is 14.5 Å². The standard InChI is InChI=1S/C29H30FN5O3/c1-18-16-33(17-31-18)24-11-6-20(15-25(24)38-5)14-23-27(37)35(19(2)21-7-9-22(30)10-8-21)28-32-26(36)12-13-34(28)29(23,3)4/h6-11,14-17,19H,12-13H2,1-5H3/b23-14-. The van der Waals surface area contributed by atoms with Crippen molar-refractivity contribution in [3.8, 4) is 11.4 Å². The minimum Gasteiger partial charge on any atom is -0.495 e. The Bertz CT molecular complexity index is 1470. The van der Waals surface area contributed by atoms with Crippen LogP contribution in [-0.4, -0.2) is 56.3 Å². The van der Waals surface area contributed by atoms with Crippen LogP contribution in [0.2, 0.25) is 0 Å². The molecule has 0 N–H and O–H groups in total. The van der Waals surface area contributed by atoms with Gasteiger partial charge in [-0.1, -0.05) is 18.2 Å². The fraction of sp³-hybridized carbons (Fsp3) is 0.310. The van der Waals surface area contributed by atoms with Crippen molar-refractivity contribution in [1.82, 2.24) is 19.4 Å². The molecule has 1 aromatic heterocycles. The molecule has 9 heteroatoms. The first-order chi connectivity index (χ1) is 18.1. The Morgan fingerprint density at radius 3 is 2.53 bits per heavy atom. The van der Waals surface area contributed by atoms with Crippen LogP contribution in [0.5, 0.6) is 5.75 Å². The maximum atomic E-state index is 14.2. The second kappa shape index (κ2) is 9.55. The maximum absolute atomic E-state index is 14.2. The molecule has 1 fully saturated rings. The normalized spacial score (nSPS) is 18.9. The first kappa shape index (κ1) is 25.4. The molecule has 2 aromatic carbocycles. The van der Waals surface area contributed by atoms with E-state index in [2.05, 4.69) is 9.98 Å². The Labute approximate surface area is 221 Å². The van der Waals surface area contributed by atoms with Gasteiger partial charge in [0.1, 0.15) is 11.6 Å². The lowest BCUT2D eigenvalue weighted by molar-refractivity contribution is -0.129. The Morgan fingerprint density at radius 1 is 1.13 bits per heavy atom. The lowest BCUT2D eigenvalue weighted by atomic mass is 9.85. The summed E-state index contributed by atoms with van der Waals surface area (Å²) in [4.78, 5) is 38.6. The molecule has 2 aliphatic heterocycles. The molecule has 1 atom stereocenters. The number of halogens is 1. The van der Waals surface area contributed by atoms with Gasteiger partial charge in [-0.25, -0.2) is 9.37 Å². The number of carbonyl (C=O) groups is 2. The summed E-state index contributed by atoms with van der Waals surface area (Å²) in [5, 5.41) is 0. The van der Waals surface area contributed by atoms with Crippen molar-refractivity contribution in [2.24, 2.45) is 4.99 Å². The average molecular weight is 516 g/mol. The Hall–Kier alpha value is -4.27. The first-order valence-electron chi connectivity index (χ1n) is 12.5. The van der Waals surface area contributed by atoms with Gasteiger partial charge in [-0.15, -0.1) is 0 Å². The quantitative estimate of drug-likeness (QED) is 0.461. The lowest BCUT2D eigenvalue weighted by Crippen LogP contribution is -2.65. The Kier molecular flexibility index (Phi) is 6.38. The van der Waals surface area contributed by atoms with E-state index in [-0.39, 0.29) is 24.1 Å². The highest BCUT2D eigenvalue weighted by atomic mass is 19.1. The monoisotopic (exact) mass is 515 g/mol. The van der Waals surface area contributed by atoms with E-state index >= 15 is 0 Å². The number of ether oxygens (including phenoxy) is 1. The highest BCUT2D eigenvalue weighted by molar-refractivity contribution is 6.15. The molecule has 0 spiro atoms. The van der Waals surface area contributed by atoms with E-state index in [9.17, 15) is 14.0 Å². The van der Waals surface area contributed by atoms with Crippen LogP contribution >= 0.6 is 0 Å². The number of aryl methyl sites for hydroxylation is 1. The number of methoxy groups -OCH3 is 1. The molecule has 2 aliphatic rings. The number of amides is 2. The van der Waals surface area contributed by atoms with Gasteiger partial charge < -0.3 is 14.2 Å². The third-order valence-electron chi connectivity index (χ3n) is 7.26. The summed E-state index contributed by atoms with van der Waals surface area (Å²) in [5.41, 5.74) is 3.07. The van der Waals surface area contributed by atoms with Crippen molar-refractivity contribution in [3.05, 3.63) is 83.2 Å². The van der Waals surface area contributed by atoms with E-state index in [4.69, 9.17) is 4.74 Å². The average Bonchev–Trinajstić information content (AvgIpc) is 3.32. The highest BCUT2D eigenvalue weighted by Crippen LogP contribution is 2.39. The van der Waals surface area contributed by atoms with E-state index in [1.807, 2.05) is 67.6 Å². The third-order valence-corrected chi connectivity index (χ3v) is 7.26. The molecule has 5 rings (SSSR count). The number of fused-ring (bicyclic) bond motifs is 1. The van der Waals surface area contributed by atoms with Crippen LogP contribution in [0.1, 0.15) is 50.1 Å². The number of benzene rings is 2. The molecule has 0 radical (unpaired) electrons. The smallest absolute Gasteiger partial charge is 0.259 e. The Morgan fingerprint density at radius 2 is 1.87 bits per heavy atom. The van der Waals surface area contributed by atoms with E-state index in [1.165, 1.54) is 12.1 Å². The van der Waals surface area contributed by atoms with Crippen LogP contribution in [0, 0.1) is 12.7 Å². The number of carbonyl (C=O) groups excluding carboxylic acids is 2. The van der Waals surface area contributed by atoms with Crippen LogP contribution < -0.4 is 4.74 Å². The van der Waals surface area contributed by atoms with E-state index < -0.39 is 11.6 Å². The fourth-order valence-corrected chi connectivity index (χ4v) is 5.07. The summed E-state index contributed by atoms with van der Waals surface area (Å²) in [7, 11) is 1.61. The molecular weight excluding hydrogens is 485 g/mol. The number of rotatable bonds is 5. The van der Waals surface area contributed by atoms with Gasteiger partial charge in [0.05, 0.1) is 36.4 Å². The van der Waals surface area contributed by atoms with Gasteiger partial charge in [0.15, 0.2) is 0 Å². The largest absolute Gasteiger partial charge is 0.495 e. The minimum atomic E-state index is -0.733. The van der Waals surface area contributed by atoms with E-state index in [0.29, 0.717) is 23.8 Å². The predicted octanol–water partition coefficient (Wildman–Crippen LogP) is 4.68. The van der Waals surface area contributed by atoms with E-state index in [0.717, 1.165) is 22.5 Å². The summed E-state index contributed by atoms with van der Waals surface area (Å²) in [6, 6.07) is 11.3. The van der Waals surface area contributed by atoms with Crippen molar-refractivity contribution in [2.75, 3.05) is 13.7 Å². The summed E-state index contributed by atoms with van der Waals surface area (Å²) in [6.07, 6.45) is 5.77. The van der Waals surface area contributed by atoms with Crippen molar-refractivity contribution in [2.45, 2.75) is 45.7 Å². The van der Waals surface area contributed by atoms with Crippen LogP contribution in [0.25, 0.3) is 11.8 Å². The van der Waals surface area contributed by atoms with Crippen LogP contribution in [0.4, 0.5) is 4.39 Å². The zero-order valence-electron chi connectivity index (χ0n) is 22.1. The van der Waals surface area contributed by atoms with Crippen molar-refractivity contribution in [3.63, 3.8) is 0 Å². The maximum Gasteiger partial charge on any atom is 0.259 e. The number of hydrogen-bond acceptors (Lipinski definition) is 5. The zero-order chi connectivity index (χ0) is 27.2. The summed E-state index contributed by atoms with van der Waals surface area (Å²) < 4.78 is 21.2. The number of nitrogens with zero attached hydrogens (tertiary/aromatic N) is 5. The second-order valence-corrected chi connectivity index (χ2v) is 10.1.